The van der Waals surface area contributed by atoms with Gasteiger partial charge >= 0.3 is 0 Å². The number of rotatable bonds is 4. The molecule has 2 saturated heterocycles. The summed E-state index contributed by atoms with van der Waals surface area (Å²) >= 11 is 0. The van der Waals surface area contributed by atoms with Gasteiger partial charge in [0.25, 0.3) is 0 Å². The second-order valence-corrected chi connectivity index (χ2v) is 7.48. The molecule has 1 amide bonds. The smallest absolute Gasteiger partial charge is 0.225 e. The zero-order valence-electron chi connectivity index (χ0n) is 15.9. The Morgan fingerprint density at radius 1 is 1.15 bits per heavy atom. The van der Waals surface area contributed by atoms with E-state index in [1.807, 2.05) is 17.0 Å². The van der Waals surface area contributed by atoms with Gasteiger partial charge < -0.3 is 14.5 Å². The van der Waals surface area contributed by atoms with E-state index in [4.69, 9.17) is 4.74 Å². The van der Waals surface area contributed by atoms with Crippen molar-refractivity contribution in [3.63, 3.8) is 0 Å². The quantitative estimate of drug-likeness (QED) is 0.823. The lowest BCUT2D eigenvalue weighted by Gasteiger charge is -2.36. The van der Waals surface area contributed by atoms with Crippen LogP contribution >= 0.6 is 0 Å². The molecule has 0 bridgehead atoms. The highest BCUT2D eigenvalue weighted by molar-refractivity contribution is 5.77. The molecule has 0 aromatic heterocycles. The van der Waals surface area contributed by atoms with E-state index in [0.29, 0.717) is 25.6 Å². The lowest BCUT2D eigenvalue weighted by Crippen LogP contribution is -2.47. The van der Waals surface area contributed by atoms with Crippen LogP contribution < -0.4 is 4.90 Å². The highest BCUT2D eigenvalue weighted by atomic mass is 19.1. The van der Waals surface area contributed by atoms with Crippen molar-refractivity contribution in [1.82, 2.24) is 9.80 Å². The van der Waals surface area contributed by atoms with Gasteiger partial charge in [0.1, 0.15) is 5.82 Å². The van der Waals surface area contributed by atoms with Crippen LogP contribution in [0, 0.1) is 5.82 Å². The molecule has 3 rings (SSSR count). The largest absolute Gasteiger partial charge is 0.375 e. The Labute approximate surface area is 155 Å². The summed E-state index contributed by atoms with van der Waals surface area (Å²) < 4.78 is 18.9. The number of nitrogens with zero attached hydrogens (tertiary/aromatic N) is 3. The summed E-state index contributed by atoms with van der Waals surface area (Å²) in [4.78, 5) is 19.3. The van der Waals surface area contributed by atoms with Gasteiger partial charge in [-0.15, -0.1) is 0 Å². The predicted octanol–water partition coefficient (Wildman–Crippen LogP) is 2.36. The summed E-state index contributed by atoms with van der Waals surface area (Å²) in [6.07, 6.45) is 1.38. The highest BCUT2D eigenvalue weighted by Crippen LogP contribution is 2.18. The number of benzene rings is 1. The van der Waals surface area contributed by atoms with Crippen molar-refractivity contribution in [2.75, 3.05) is 50.8 Å². The summed E-state index contributed by atoms with van der Waals surface area (Å²) in [6.45, 7) is 9.99. The van der Waals surface area contributed by atoms with Crippen LogP contribution in [-0.4, -0.2) is 73.7 Å². The summed E-state index contributed by atoms with van der Waals surface area (Å²) in [7, 11) is 0. The van der Waals surface area contributed by atoms with Crippen molar-refractivity contribution >= 4 is 11.6 Å². The SMILES string of the molecule is CC(C)N1CCOC(CC(=O)N2CCCN(c3ccc(F)cc3)CC2)C1. The minimum Gasteiger partial charge on any atom is -0.375 e. The molecule has 26 heavy (non-hydrogen) atoms. The third-order valence-electron chi connectivity index (χ3n) is 5.34. The van der Waals surface area contributed by atoms with Gasteiger partial charge in [0, 0.05) is 51.0 Å². The van der Waals surface area contributed by atoms with Crippen molar-refractivity contribution in [3.05, 3.63) is 30.1 Å². The lowest BCUT2D eigenvalue weighted by atomic mass is 10.1. The second-order valence-electron chi connectivity index (χ2n) is 7.48. The van der Waals surface area contributed by atoms with Crippen molar-refractivity contribution in [3.8, 4) is 0 Å². The molecular formula is C20H30FN3O2. The Kier molecular flexibility index (Phi) is 6.48. The average molecular weight is 363 g/mol. The maximum Gasteiger partial charge on any atom is 0.225 e. The molecule has 0 radical (unpaired) electrons. The first-order valence-electron chi connectivity index (χ1n) is 9.67. The standard InChI is InChI=1S/C20H30FN3O2/c1-16(2)24-12-13-26-19(15-24)14-20(25)23-9-3-8-22(10-11-23)18-6-4-17(21)5-7-18/h4-7,16,19H,3,8-15H2,1-2H3. The van der Waals surface area contributed by atoms with E-state index >= 15 is 0 Å². The summed E-state index contributed by atoms with van der Waals surface area (Å²) in [5, 5.41) is 0. The molecule has 144 valence electrons. The molecule has 0 aliphatic carbocycles. The molecule has 1 unspecified atom stereocenters. The number of hydrogen-bond acceptors (Lipinski definition) is 4. The number of carbonyl (C=O) groups is 1. The van der Waals surface area contributed by atoms with E-state index in [1.54, 1.807) is 0 Å². The van der Waals surface area contributed by atoms with Crippen LogP contribution in [0.3, 0.4) is 0 Å². The third kappa shape index (κ3) is 4.95. The Hall–Kier alpha value is -1.66. The zero-order valence-corrected chi connectivity index (χ0v) is 15.9. The fourth-order valence-corrected chi connectivity index (χ4v) is 3.74. The molecule has 5 nitrogen and oxygen atoms in total. The van der Waals surface area contributed by atoms with Gasteiger partial charge in [0.05, 0.1) is 19.1 Å². The predicted molar refractivity (Wildman–Crippen MR) is 101 cm³/mol. The fraction of sp³-hybridized carbons (Fsp3) is 0.650. The van der Waals surface area contributed by atoms with Gasteiger partial charge in [-0.25, -0.2) is 4.39 Å². The van der Waals surface area contributed by atoms with E-state index in [9.17, 15) is 9.18 Å². The fourth-order valence-electron chi connectivity index (χ4n) is 3.74. The van der Waals surface area contributed by atoms with Gasteiger partial charge in [0.2, 0.25) is 5.91 Å². The lowest BCUT2D eigenvalue weighted by molar-refractivity contribution is -0.136. The topological polar surface area (TPSA) is 36.0 Å². The number of hydrogen-bond donors (Lipinski definition) is 0. The second kappa shape index (κ2) is 8.82. The van der Waals surface area contributed by atoms with Crippen LogP contribution in [0.15, 0.2) is 24.3 Å². The van der Waals surface area contributed by atoms with Gasteiger partial charge in [-0.2, -0.15) is 0 Å². The van der Waals surface area contributed by atoms with E-state index < -0.39 is 0 Å². The highest BCUT2D eigenvalue weighted by Gasteiger charge is 2.27. The van der Waals surface area contributed by atoms with Gasteiger partial charge in [-0.05, 0) is 44.5 Å². The Morgan fingerprint density at radius 3 is 2.65 bits per heavy atom. The number of carbonyl (C=O) groups excluding carboxylic acids is 1. The monoisotopic (exact) mass is 363 g/mol. The number of amides is 1. The Morgan fingerprint density at radius 2 is 1.92 bits per heavy atom. The summed E-state index contributed by atoms with van der Waals surface area (Å²) in [5.74, 6) is -0.0372. The molecule has 1 aromatic carbocycles. The summed E-state index contributed by atoms with van der Waals surface area (Å²) in [6, 6.07) is 7.08. The van der Waals surface area contributed by atoms with Gasteiger partial charge in [-0.3, -0.25) is 9.69 Å². The van der Waals surface area contributed by atoms with E-state index in [1.165, 1.54) is 12.1 Å². The molecule has 2 aliphatic rings. The number of ether oxygens (including phenoxy) is 1. The van der Waals surface area contributed by atoms with Gasteiger partial charge in [0.15, 0.2) is 0 Å². The molecule has 0 saturated carbocycles. The molecule has 6 heteroatoms. The van der Waals surface area contributed by atoms with E-state index in [2.05, 4.69) is 23.6 Å². The van der Waals surface area contributed by atoms with Crippen molar-refractivity contribution in [2.24, 2.45) is 0 Å². The first kappa shape index (κ1) is 19.1. The normalized spacial score (nSPS) is 22.5. The van der Waals surface area contributed by atoms with Crippen LogP contribution in [-0.2, 0) is 9.53 Å². The molecule has 1 atom stereocenters. The Bertz CT molecular complexity index is 593. The molecule has 1 aromatic rings. The van der Waals surface area contributed by atoms with Crippen LogP contribution in [0.5, 0.6) is 0 Å². The van der Waals surface area contributed by atoms with Crippen molar-refractivity contribution in [2.45, 2.75) is 38.8 Å². The van der Waals surface area contributed by atoms with Crippen LogP contribution in [0.4, 0.5) is 10.1 Å². The average Bonchev–Trinajstić information content (AvgIpc) is 2.89. The van der Waals surface area contributed by atoms with E-state index in [0.717, 1.165) is 44.8 Å². The van der Waals surface area contributed by atoms with Crippen molar-refractivity contribution in [1.29, 1.82) is 0 Å². The molecular weight excluding hydrogens is 333 g/mol. The maximum atomic E-state index is 13.1. The number of morpholine rings is 1. The minimum atomic E-state index is -0.219. The zero-order chi connectivity index (χ0) is 18.5. The first-order valence-corrected chi connectivity index (χ1v) is 9.67. The minimum absolute atomic E-state index is 0.00453. The van der Waals surface area contributed by atoms with E-state index in [-0.39, 0.29) is 17.8 Å². The van der Waals surface area contributed by atoms with Crippen molar-refractivity contribution < 1.29 is 13.9 Å². The number of anilines is 1. The van der Waals surface area contributed by atoms with Crippen LogP contribution in [0.25, 0.3) is 0 Å². The van der Waals surface area contributed by atoms with Crippen LogP contribution in [0.1, 0.15) is 26.7 Å². The first-order chi connectivity index (χ1) is 12.5. The number of halogens is 1. The third-order valence-corrected chi connectivity index (χ3v) is 5.34. The maximum absolute atomic E-state index is 13.1. The molecule has 2 aliphatic heterocycles. The Balaban J connectivity index is 1.52. The molecule has 2 heterocycles. The molecule has 2 fully saturated rings. The van der Waals surface area contributed by atoms with Gasteiger partial charge in [-0.1, -0.05) is 0 Å². The van der Waals surface area contributed by atoms with Crippen LogP contribution in [0.2, 0.25) is 0 Å². The molecule has 0 N–H and O–H groups in total. The summed E-state index contributed by atoms with van der Waals surface area (Å²) in [5.41, 5.74) is 1.02. The molecule has 0 spiro atoms.